The SMILES string of the molecule is COCCOc1cc(C#N)cc(C2CN3N=C(Cl)C=CC3=N2)c1. The summed E-state index contributed by atoms with van der Waals surface area (Å²) in [6, 6.07) is 7.48. The minimum atomic E-state index is -0.112. The van der Waals surface area contributed by atoms with Gasteiger partial charge in [0.1, 0.15) is 23.4 Å². The van der Waals surface area contributed by atoms with E-state index in [1.54, 1.807) is 24.3 Å². The summed E-state index contributed by atoms with van der Waals surface area (Å²) in [4.78, 5) is 4.63. The number of aliphatic imine (C=N–C) groups is 1. The number of methoxy groups -OCH3 is 1. The van der Waals surface area contributed by atoms with Crippen molar-refractivity contribution >= 4 is 22.6 Å². The second kappa shape index (κ2) is 6.82. The topological polar surface area (TPSA) is 70.2 Å². The van der Waals surface area contributed by atoms with E-state index in [1.807, 2.05) is 18.2 Å². The molecular formula is C16H15ClN4O2. The number of hydrazone groups is 1. The molecule has 2 aliphatic heterocycles. The number of benzene rings is 1. The predicted octanol–water partition coefficient (Wildman–Crippen LogP) is 2.46. The van der Waals surface area contributed by atoms with Gasteiger partial charge in [0.2, 0.25) is 0 Å². The number of amidine groups is 1. The molecular weight excluding hydrogens is 316 g/mol. The van der Waals surface area contributed by atoms with Crippen molar-refractivity contribution in [2.24, 2.45) is 10.1 Å². The number of hydrogen-bond donors (Lipinski definition) is 0. The highest BCUT2D eigenvalue weighted by Crippen LogP contribution is 2.30. The van der Waals surface area contributed by atoms with Gasteiger partial charge in [-0.1, -0.05) is 11.6 Å². The molecule has 0 saturated carbocycles. The molecule has 0 fully saturated rings. The van der Waals surface area contributed by atoms with Crippen LogP contribution in [-0.2, 0) is 4.74 Å². The van der Waals surface area contributed by atoms with Gasteiger partial charge < -0.3 is 9.47 Å². The second-order valence-corrected chi connectivity index (χ2v) is 5.47. The summed E-state index contributed by atoms with van der Waals surface area (Å²) >= 11 is 5.91. The fraction of sp³-hybridized carbons (Fsp3) is 0.312. The van der Waals surface area contributed by atoms with E-state index in [2.05, 4.69) is 16.2 Å². The van der Waals surface area contributed by atoms with E-state index in [1.165, 1.54) is 0 Å². The Morgan fingerprint density at radius 2 is 2.22 bits per heavy atom. The van der Waals surface area contributed by atoms with E-state index in [4.69, 9.17) is 21.1 Å². The lowest BCUT2D eigenvalue weighted by Crippen LogP contribution is -2.24. The molecule has 1 atom stereocenters. The second-order valence-electron chi connectivity index (χ2n) is 5.09. The third-order valence-corrected chi connectivity index (χ3v) is 3.69. The highest BCUT2D eigenvalue weighted by atomic mass is 35.5. The number of nitrogens with zero attached hydrogens (tertiary/aromatic N) is 4. The average molecular weight is 331 g/mol. The summed E-state index contributed by atoms with van der Waals surface area (Å²) in [6.45, 7) is 1.50. The Morgan fingerprint density at radius 1 is 1.35 bits per heavy atom. The first-order valence-corrected chi connectivity index (χ1v) is 7.52. The summed E-state index contributed by atoms with van der Waals surface area (Å²) in [5, 5.41) is 15.6. The molecule has 0 amide bonds. The van der Waals surface area contributed by atoms with Crippen molar-refractivity contribution in [3.63, 3.8) is 0 Å². The van der Waals surface area contributed by atoms with Crippen LogP contribution in [0.5, 0.6) is 5.75 Å². The molecule has 0 aliphatic carbocycles. The number of hydrogen-bond acceptors (Lipinski definition) is 6. The lowest BCUT2D eigenvalue weighted by atomic mass is 10.0. The van der Waals surface area contributed by atoms with Gasteiger partial charge in [0, 0.05) is 7.11 Å². The first-order chi connectivity index (χ1) is 11.2. The minimum Gasteiger partial charge on any atom is -0.491 e. The van der Waals surface area contributed by atoms with E-state index in [0.717, 1.165) is 11.4 Å². The van der Waals surface area contributed by atoms with Crippen molar-refractivity contribution in [3.8, 4) is 11.8 Å². The molecule has 1 aromatic carbocycles. The van der Waals surface area contributed by atoms with Gasteiger partial charge in [-0.05, 0) is 35.9 Å². The fourth-order valence-corrected chi connectivity index (χ4v) is 2.58. The number of allylic oxidation sites excluding steroid dienone is 1. The normalized spacial score (nSPS) is 19.0. The Kier molecular flexibility index (Phi) is 4.60. The molecule has 2 heterocycles. The first kappa shape index (κ1) is 15.5. The van der Waals surface area contributed by atoms with Gasteiger partial charge in [0.05, 0.1) is 30.8 Å². The zero-order valence-electron chi connectivity index (χ0n) is 12.6. The summed E-state index contributed by atoms with van der Waals surface area (Å²) in [5.41, 5.74) is 1.45. The molecule has 0 aromatic heterocycles. The van der Waals surface area contributed by atoms with Gasteiger partial charge in [-0.25, -0.2) is 5.01 Å². The van der Waals surface area contributed by atoms with Crippen LogP contribution in [0.1, 0.15) is 17.2 Å². The van der Waals surface area contributed by atoms with Crippen LogP contribution in [0.15, 0.2) is 40.4 Å². The summed E-state index contributed by atoms with van der Waals surface area (Å²) in [5.74, 6) is 1.40. The molecule has 2 aliphatic rings. The molecule has 1 unspecified atom stereocenters. The number of halogens is 1. The van der Waals surface area contributed by atoms with Gasteiger partial charge in [-0.15, -0.1) is 0 Å². The van der Waals surface area contributed by atoms with Crippen molar-refractivity contribution in [2.45, 2.75) is 6.04 Å². The molecule has 0 radical (unpaired) electrons. The molecule has 1 aromatic rings. The predicted molar refractivity (Wildman–Crippen MR) is 87.8 cm³/mol. The van der Waals surface area contributed by atoms with Gasteiger partial charge in [0.25, 0.3) is 0 Å². The van der Waals surface area contributed by atoms with E-state index in [-0.39, 0.29) is 6.04 Å². The van der Waals surface area contributed by atoms with E-state index in [0.29, 0.717) is 36.2 Å². The Balaban J connectivity index is 1.83. The van der Waals surface area contributed by atoms with Crippen molar-refractivity contribution in [3.05, 3.63) is 41.5 Å². The van der Waals surface area contributed by atoms with Crippen LogP contribution in [0, 0.1) is 11.3 Å². The zero-order chi connectivity index (χ0) is 16.2. The van der Waals surface area contributed by atoms with Crippen LogP contribution in [0.25, 0.3) is 0 Å². The lowest BCUT2D eigenvalue weighted by molar-refractivity contribution is 0.146. The Hall–Kier alpha value is -2.36. The third kappa shape index (κ3) is 3.52. The van der Waals surface area contributed by atoms with Gasteiger partial charge in [-0.3, -0.25) is 4.99 Å². The van der Waals surface area contributed by atoms with Crippen LogP contribution in [0.4, 0.5) is 0 Å². The molecule has 118 valence electrons. The van der Waals surface area contributed by atoms with E-state index in [9.17, 15) is 5.26 Å². The average Bonchev–Trinajstić information content (AvgIpc) is 2.98. The van der Waals surface area contributed by atoms with Crippen molar-refractivity contribution in [1.29, 1.82) is 5.26 Å². The van der Waals surface area contributed by atoms with Crippen LogP contribution in [-0.4, -0.2) is 42.9 Å². The first-order valence-electron chi connectivity index (χ1n) is 7.14. The number of nitriles is 1. The molecule has 3 rings (SSSR count). The Labute approximate surface area is 139 Å². The fourth-order valence-electron chi connectivity index (χ4n) is 2.42. The molecule has 23 heavy (non-hydrogen) atoms. The van der Waals surface area contributed by atoms with E-state index < -0.39 is 0 Å². The van der Waals surface area contributed by atoms with Crippen LogP contribution < -0.4 is 4.74 Å². The third-order valence-electron chi connectivity index (χ3n) is 3.48. The van der Waals surface area contributed by atoms with Crippen molar-refractivity contribution in [1.82, 2.24) is 5.01 Å². The summed E-state index contributed by atoms with van der Waals surface area (Å²) in [6.07, 6.45) is 3.55. The van der Waals surface area contributed by atoms with Crippen LogP contribution in [0.3, 0.4) is 0 Å². The molecule has 0 N–H and O–H groups in total. The number of rotatable bonds is 5. The van der Waals surface area contributed by atoms with Gasteiger partial charge in [0.15, 0.2) is 0 Å². The van der Waals surface area contributed by atoms with Crippen LogP contribution >= 0.6 is 11.6 Å². The summed E-state index contributed by atoms with van der Waals surface area (Å²) in [7, 11) is 1.62. The monoisotopic (exact) mass is 330 g/mol. The molecule has 0 bridgehead atoms. The lowest BCUT2D eigenvalue weighted by Gasteiger charge is -2.16. The largest absolute Gasteiger partial charge is 0.491 e. The standard InChI is InChI=1S/C16H15ClN4O2/c1-22-4-5-23-13-7-11(9-18)6-12(8-13)14-10-21-16(19-14)3-2-15(17)20-21/h2-3,6-8,14H,4-5,10H2,1H3. The maximum atomic E-state index is 9.21. The van der Waals surface area contributed by atoms with Gasteiger partial charge >= 0.3 is 0 Å². The maximum absolute atomic E-state index is 9.21. The summed E-state index contributed by atoms with van der Waals surface area (Å²) < 4.78 is 10.6. The molecule has 7 heteroatoms. The van der Waals surface area contributed by atoms with Gasteiger partial charge in [-0.2, -0.15) is 10.4 Å². The Bertz CT molecular complexity index is 736. The smallest absolute Gasteiger partial charge is 0.149 e. The molecule has 6 nitrogen and oxygen atoms in total. The molecule has 0 spiro atoms. The highest BCUT2D eigenvalue weighted by Gasteiger charge is 2.27. The van der Waals surface area contributed by atoms with E-state index >= 15 is 0 Å². The van der Waals surface area contributed by atoms with Crippen molar-refractivity contribution in [2.75, 3.05) is 26.9 Å². The highest BCUT2D eigenvalue weighted by molar-refractivity contribution is 6.68. The minimum absolute atomic E-state index is 0.112. The molecule has 0 saturated heterocycles. The Morgan fingerprint density at radius 3 is 3.00 bits per heavy atom. The quantitative estimate of drug-likeness (QED) is 0.778. The van der Waals surface area contributed by atoms with Crippen molar-refractivity contribution < 1.29 is 9.47 Å². The number of fused-ring (bicyclic) bond motifs is 1. The zero-order valence-corrected chi connectivity index (χ0v) is 13.3. The maximum Gasteiger partial charge on any atom is 0.149 e. The van der Waals surface area contributed by atoms with Crippen LogP contribution in [0.2, 0.25) is 0 Å². The number of ether oxygens (including phenoxy) is 2.